The van der Waals surface area contributed by atoms with Gasteiger partial charge < -0.3 is 14.4 Å². The van der Waals surface area contributed by atoms with Crippen LogP contribution in [0, 0.1) is 0 Å². The van der Waals surface area contributed by atoms with Crippen LogP contribution in [0.3, 0.4) is 0 Å². The fraction of sp³-hybridized carbons (Fsp3) is 0.667. The van der Waals surface area contributed by atoms with Crippen molar-refractivity contribution in [3.63, 3.8) is 0 Å². The van der Waals surface area contributed by atoms with Crippen LogP contribution in [0.15, 0.2) is 12.2 Å². The van der Waals surface area contributed by atoms with Gasteiger partial charge in [-0.05, 0) is 6.92 Å². The number of esters is 2. The van der Waals surface area contributed by atoms with Crippen LogP contribution in [-0.4, -0.2) is 42.4 Å². The minimum absolute atomic E-state index is 0.0625. The maximum atomic E-state index is 11.3. The number of ether oxygens (including phenoxy) is 2. The highest BCUT2D eigenvalue weighted by Crippen LogP contribution is 2.40. The Labute approximate surface area is 113 Å². The minimum Gasteiger partial charge on any atom is -0.466 e. The van der Waals surface area contributed by atoms with E-state index in [1.165, 1.54) is 0 Å². The van der Waals surface area contributed by atoms with E-state index in [-0.39, 0.29) is 32.0 Å². The summed E-state index contributed by atoms with van der Waals surface area (Å²) in [4.78, 5) is 31.5. The Morgan fingerprint density at radius 3 is 2.37 bits per heavy atom. The lowest BCUT2D eigenvalue weighted by atomic mass is 10.4. The largest absolute Gasteiger partial charge is 0.466 e. The molecule has 1 atom stereocenters. The molecule has 0 fully saturated rings. The Morgan fingerprint density at radius 1 is 1.26 bits per heavy atom. The van der Waals surface area contributed by atoms with Crippen LogP contribution in [0.5, 0.6) is 0 Å². The lowest BCUT2D eigenvalue weighted by molar-refractivity contribution is -0.144. The summed E-state index contributed by atoms with van der Waals surface area (Å²) in [5.74, 6) is -0.996. The average Bonchev–Trinajstić information content (AvgIpc) is 2.35. The Kier molecular flexibility index (Phi) is 8.35. The number of hydrogen-bond acceptors (Lipinski definition) is 5. The third-order valence-electron chi connectivity index (χ3n) is 2.29. The summed E-state index contributed by atoms with van der Waals surface area (Å²) in [6.45, 7) is 6.83. The molecule has 0 bridgehead atoms. The number of carbonyl (C=O) groups excluding carboxylic acids is 2. The van der Waals surface area contributed by atoms with E-state index < -0.39 is 19.3 Å². The van der Waals surface area contributed by atoms with E-state index in [9.17, 15) is 19.0 Å². The first-order valence-electron chi connectivity index (χ1n) is 6.07. The molecule has 6 nitrogen and oxygen atoms in total. The molecule has 0 aromatic carbocycles. The molecule has 0 amide bonds. The van der Waals surface area contributed by atoms with Gasteiger partial charge in [0.05, 0.1) is 19.6 Å². The first kappa shape index (κ1) is 17.9. The highest BCUT2D eigenvalue weighted by atomic mass is 31.2. The Bertz CT molecular complexity index is 376. The summed E-state index contributed by atoms with van der Waals surface area (Å²) in [6, 6.07) is 0. The molecule has 0 aromatic rings. The predicted octanol–water partition coefficient (Wildman–Crippen LogP) is 1.72. The first-order valence-corrected chi connectivity index (χ1v) is 8.10. The van der Waals surface area contributed by atoms with Gasteiger partial charge in [-0.3, -0.25) is 9.36 Å². The van der Waals surface area contributed by atoms with Crippen molar-refractivity contribution in [2.45, 2.75) is 26.7 Å². The molecular formula is C12H21O6P. The van der Waals surface area contributed by atoms with Gasteiger partial charge in [0.25, 0.3) is 0 Å². The van der Waals surface area contributed by atoms with E-state index >= 15 is 0 Å². The van der Waals surface area contributed by atoms with Crippen molar-refractivity contribution >= 4 is 19.3 Å². The zero-order valence-electron chi connectivity index (χ0n) is 11.4. The topological polar surface area (TPSA) is 89.9 Å². The standard InChI is InChI=1S/C12H21O6P/c1-4-19(15,16)9-6-11(13)17-7-5-8-18-12(14)10(2)3/h2,4-9H2,1,3H3,(H,15,16). The summed E-state index contributed by atoms with van der Waals surface area (Å²) in [5.41, 5.74) is 0.315. The molecular weight excluding hydrogens is 271 g/mol. The highest BCUT2D eigenvalue weighted by Gasteiger charge is 2.17. The van der Waals surface area contributed by atoms with Crippen molar-refractivity contribution in [2.24, 2.45) is 0 Å². The van der Waals surface area contributed by atoms with E-state index in [2.05, 4.69) is 6.58 Å². The Balaban J connectivity index is 3.62. The quantitative estimate of drug-likeness (QED) is 0.301. The minimum atomic E-state index is -3.18. The molecule has 1 unspecified atom stereocenters. The Morgan fingerprint density at radius 2 is 1.84 bits per heavy atom. The smallest absolute Gasteiger partial charge is 0.333 e. The van der Waals surface area contributed by atoms with E-state index in [0.29, 0.717) is 12.0 Å². The van der Waals surface area contributed by atoms with Crippen LogP contribution < -0.4 is 0 Å². The van der Waals surface area contributed by atoms with Crippen molar-refractivity contribution in [2.75, 3.05) is 25.5 Å². The van der Waals surface area contributed by atoms with Crippen molar-refractivity contribution in [3.8, 4) is 0 Å². The van der Waals surface area contributed by atoms with Gasteiger partial charge in [-0.15, -0.1) is 0 Å². The van der Waals surface area contributed by atoms with E-state index in [1.54, 1.807) is 13.8 Å². The molecule has 0 saturated carbocycles. The van der Waals surface area contributed by atoms with E-state index in [0.717, 1.165) is 0 Å². The summed E-state index contributed by atoms with van der Waals surface area (Å²) >= 11 is 0. The third-order valence-corrected chi connectivity index (χ3v) is 4.20. The maximum Gasteiger partial charge on any atom is 0.333 e. The van der Waals surface area contributed by atoms with Crippen LogP contribution in [0.2, 0.25) is 0 Å². The molecule has 0 rings (SSSR count). The number of rotatable bonds is 9. The fourth-order valence-electron chi connectivity index (χ4n) is 1.03. The van der Waals surface area contributed by atoms with E-state index in [1.807, 2.05) is 0 Å². The molecule has 0 heterocycles. The SMILES string of the molecule is C=C(C)C(=O)OCCCOC(=O)CCP(=O)(O)CC. The first-order chi connectivity index (χ1) is 8.78. The summed E-state index contributed by atoms with van der Waals surface area (Å²) in [6.07, 6.45) is 0.395. The molecule has 0 aromatic heterocycles. The molecule has 110 valence electrons. The predicted molar refractivity (Wildman–Crippen MR) is 71.2 cm³/mol. The maximum absolute atomic E-state index is 11.3. The van der Waals surface area contributed by atoms with Crippen molar-refractivity contribution in [1.29, 1.82) is 0 Å². The summed E-state index contributed by atoms with van der Waals surface area (Å²) in [7, 11) is -3.18. The normalized spacial score (nSPS) is 13.4. The van der Waals surface area contributed by atoms with Crippen LogP contribution >= 0.6 is 7.37 Å². The second kappa shape index (κ2) is 8.88. The van der Waals surface area contributed by atoms with Gasteiger partial charge in [0.2, 0.25) is 7.37 Å². The van der Waals surface area contributed by atoms with Crippen LogP contribution in [-0.2, 0) is 23.6 Å². The fourth-order valence-corrected chi connectivity index (χ4v) is 1.88. The summed E-state index contributed by atoms with van der Waals surface area (Å²) < 4.78 is 20.9. The van der Waals surface area contributed by atoms with Crippen molar-refractivity contribution < 1.29 is 28.5 Å². The van der Waals surface area contributed by atoms with E-state index in [4.69, 9.17) is 9.47 Å². The molecule has 0 aliphatic heterocycles. The van der Waals surface area contributed by atoms with Crippen molar-refractivity contribution in [1.82, 2.24) is 0 Å². The second-order valence-corrected chi connectivity index (χ2v) is 6.90. The zero-order chi connectivity index (χ0) is 14.9. The van der Waals surface area contributed by atoms with Crippen LogP contribution in [0.4, 0.5) is 0 Å². The molecule has 0 radical (unpaired) electrons. The molecule has 0 aliphatic carbocycles. The molecule has 0 saturated heterocycles. The monoisotopic (exact) mass is 292 g/mol. The number of carbonyl (C=O) groups is 2. The van der Waals surface area contributed by atoms with Gasteiger partial charge >= 0.3 is 11.9 Å². The molecule has 0 spiro atoms. The summed E-state index contributed by atoms with van der Waals surface area (Å²) in [5, 5.41) is 0. The van der Waals surface area contributed by atoms with Gasteiger partial charge in [-0.25, -0.2) is 4.79 Å². The zero-order valence-corrected chi connectivity index (χ0v) is 12.3. The van der Waals surface area contributed by atoms with Crippen molar-refractivity contribution in [3.05, 3.63) is 12.2 Å². The molecule has 7 heteroatoms. The van der Waals surface area contributed by atoms with Crippen LogP contribution in [0.1, 0.15) is 26.7 Å². The van der Waals surface area contributed by atoms with Gasteiger partial charge in [0, 0.05) is 24.3 Å². The average molecular weight is 292 g/mol. The second-order valence-electron chi connectivity index (χ2n) is 4.13. The lowest BCUT2D eigenvalue weighted by Gasteiger charge is -2.09. The third kappa shape index (κ3) is 9.45. The molecule has 19 heavy (non-hydrogen) atoms. The van der Waals surface area contributed by atoms with Crippen LogP contribution in [0.25, 0.3) is 0 Å². The highest BCUT2D eigenvalue weighted by molar-refractivity contribution is 7.57. The molecule has 0 aliphatic rings. The van der Waals surface area contributed by atoms with Gasteiger partial charge in [0.1, 0.15) is 0 Å². The van der Waals surface area contributed by atoms with Gasteiger partial charge in [-0.2, -0.15) is 0 Å². The van der Waals surface area contributed by atoms with Gasteiger partial charge in [-0.1, -0.05) is 13.5 Å². The molecule has 1 N–H and O–H groups in total. The lowest BCUT2D eigenvalue weighted by Crippen LogP contribution is -2.12. The Hall–Kier alpha value is -1.13. The van der Waals surface area contributed by atoms with Gasteiger partial charge in [0.15, 0.2) is 0 Å². The number of hydrogen-bond donors (Lipinski definition) is 1.